The van der Waals surface area contributed by atoms with Crippen molar-refractivity contribution >= 4 is 16.9 Å². The molecule has 6 nitrogen and oxygen atoms in total. The molecule has 1 aliphatic carbocycles. The van der Waals surface area contributed by atoms with Crippen LogP contribution in [0.1, 0.15) is 25.7 Å². The van der Waals surface area contributed by atoms with Gasteiger partial charge >= 0.3 is 0 Å². The average molecular weight is 347 g/mol. The lowest BCUT2D eigenvalue weighted by molar-refractivity contribution is 0.0699. The third-order valence-electron chi connectivity index (χ3n) is 4.82. The van der Waals surface area contributed by atoms with Crippen LogP contribution in [0.3, 0.4) is 0 Å². The van der Waals surface area contributed by atoms with E-state index in [9.17, 15) is 9.18 Å². The summed E-state index contributed by atoms with van der Waals surface area (Å²) >= 11 is 0. The number of halogens is 1. The molecule has 2 aliphatic rings. The minimum absolute atomic E-state index is 0.0320. The van der Waals surface area contributed by atoms with E-state index in [0.717, 1.165) is 38.9 Å². The number of hydrogen-bond acceptors (Lipinski definition) is 5. The minimum Gasteiger partial charge on any atom is -0.493 e. The first-order chi connectivity index (χ1) is 12.2. The molecule has 4 rings (SSSR count). The third-order valence-corrected chi connectivity index (χ3v) is 4.82. The van der Waals surface area contributed by atoms with Gasteiger partial charge in [0.1, 0.15) is 17.0 Å². The number of aromatic amines is 1. The molecule has 0 amide bonds. The number of nitrogens with one attached hydrogen (secondary N) is 2. The highest BCUT2D eigenvalue weighted by atomic mass is 19.1. The number of anilines is 1. The molecule has 0 unspecified atom stereocenters. The van der Waals surface area contributed by atoms with Gasteiger partial charge in [-0.25, -0.2) is 9.37 Å². The number of nitrogens with zero attached hydrogens (tertiary/aromatic N) is 1. The van der Waals surface area contributed by atoms with Crippen molar-refractivity contribution in [1.82, 2.24) is 9.97 Å². The Morgan fingerprint density at radius 2 is 2.04 bits per heavy atom. The van der Waals surface area contributed by atoms with Gasteiger partial charge in [-0.05, 0) is 37.5 Å². The van der Waals surface area contributed by atoms with Crippen LogP contribution < -0.4 is 15.6 Å². The van der Waals surface area contributed by atoms with Gasteiger partial charge in [-0.1, -0.05) is 0 Å². The van der Waals surface area contributed by atoms with Crippen LogP contribution in [0.25, 0.3) is 10.9 Å². The van der Waals surface area contributed by atoms with Crippen molar-refractivity contribution in [1.29, 1.82) is 0 Å². The second-order valence-electron chi connectivity index (χ2n) is 6.90. The molecular weight excluding hydrogens is 325 g/mol. The monoisotopic (exact) mass is 347 g/mol. The summed E-state index contributed by atoms with van der Waals surface area (Å²) in [6, 6.07) is 2.90. The zero-order chi connectivity index (χ0) is 17.2. The van der Waals surface area contributed by atoms with Crippen LogP contribution in [0.2, 0.25) is 0 Å². The Morgan fingerprint density at radius 1 is 1.24 bits per heavy atom. The number of benzene rings is 1. The maximum atomic E-state index is 14.3. The smallest absolute Gasteiger partial charge is 0.263 e. The molecule has 2 heterocycles. The van der Waals surface area contributed by atoms with Gasteiger partial charge in [0.2, 0.25) is 5.95 Å². The van der Waals surface area contributed by atoms with Gasteiger partial charge in [0.25, 0.3) is 5.56 Å². The van der Waals surface area contributed by atoms with Crippen molar-refractivity contribution in [3.8, 4) is 5.75 Å². The van der Waals surface area contributed by atoms with E-state index >= 15 is 0 Å². The summed E-state index contributed by atoms with van der Waals surface area (Å²) in [5, 5.41) is 3.13. The fraction of sp³-hybridized carbons (Fsp3) is 0.556. The van der Waals surface area contributed by atoms with Crippen LogP contribution in [0, 0.1) is 17.7 Å². The normalized spacial score (nSPS) is 18.4. The third kappa shape index (κ3) is 3.92. The molecular formula is C18H22FN3O3. The Balaban J connectivity index is 1.54. The number of ether oxygens (including phenoxy) is 2. The summed E-state index contributed by atoms with van der Waals surface area (Å²) in [6.45, 7) is 2.82. The first-order valence-corrected chi connectivity index (χ1v) is 8.87. The van der Waals surface area contributed by atoms with Gasteiger partial charge < -0.3 is 14.8 Å². The molecule has 7 heteroatoms. The van der Waals surface area contributed by atoms with Gasteiger partial charge in [-0.15, -0.1) is 0 Å². The zero-order valence-corrected chi connectivity index (χ0v) is 14.0. The summed E-state index contributed by atoms with van der Waals surface area (Å²) < 4.78 is 25.3. The molecule has 0 spiro atoms. The number of H-pyrrole nitrogens is 1. The number of rotatable bonds is 6. The number of aromatic nitrogens is 2. The molecule has 25 heavy (non-hydrogen) atoms. The van der Waals surface area contributed by atoms with Crippen molar-refractivity contribution in [3.05, 3.63) is 28.3 Å². The number of hydrogen-bond donors (Lipinski definition) is 2. The fourth-order valence-corrected chi connectivity index (χ4v) is 3.06. The molecule has 0 radical (unpaired) electrons. The van der Waals surface area contributed by atoms with Crippen LogP contribution in [-0.2, 0) is 4.74 Å². The molecule has 134 valence electrons. The molecule has 0 atom stereocenters. The van der Waals surface area contributed by atoms with E-state index in [1.165, 1.54) is 6.07 Å². The van der Waals surface area contributed by atoms with Gasteiger partial charge in [-0.3, -0.25) is 9.78 Å². The van der Waals surface area contributed by atoms with E-state index in [1.54, 1.807) is 6.07 Å². The highest BCUT2D eigenvalue weighted by Crippen LogP contribution is 2.30. The van der Waals surface area contributed by atoms with Crippen molar-refractivity contribution in [2.45, 2.75) is 25.7 Å². The summed E-state index contributed by atoms with van der Waals surface area (Å²) in [4.78, 5) is 19.2. The lowest BCUT2D eigenvalue weighted by Crippen LogP contribution is -2.24. The molecule has 2 fully saturated rings. The Hall–Kier alpha value is -2.15. The fourth-order valence-electron chi connectivity index (χ4n) is 3.06. The molecule has 1 aliphatic heterocycles. The highest BCUT2D eigenvalue weighted by molar-refractivity contribution is 5.80. The number of fused-ring (bicyclic) bond motifs is 1. The van der Waals surface area contributed by atoms with Gasteiger partial charge in [0.15, 0.2) is 0 Å². The van der Waals surface area contributed by atoms with Crippen molar-refractivity contribution in [2.24, 2.45) is 11.8 Å². The lowest BCUT2D eigenvalue weighted by Gasteiger charge is -2.22. The first-order valence-electron chi connectivity index (χ1n) is 8.87. The predicted octanol–water partition coefficient (Wildman–Crippen LogP) is 2.69. The maximum absolute atomic E-state index is 14.3. The van der Waals surface area contributed by atoms with Gasteiger partial charge in [-0.2, -0.15) is 0 Å². The van der Waals surface area contributed by atoms with E-state index in [2.05, 4.69) is 15.3 Å². The average Bonchev–Trinajstić information content (AvgIpc) is 3.43. The Bertz CT molecular complexity index is 813. The van der Waals surface area contributed by atoms with E-state index in [0.29, 0.717) is 42.2 Å². The van der Waals surface area contributed by atoms with Gasteiger partial charge in [0, 0.05) is 31.9 Å². The standard InChI is InChI=1S/C18H22FN3O3/c19-14-7-13(25-10-12-1-2-12)8-15-16(14)17(23)22-18(21-15)20-9-11-3-5-24-6-4-11/h7-8,11-12H,1-6,9-10H2,(H2,20,21,22,23). The molecule has 2 N–H and O–H groups in total. The Morgan fingerprint density at radius 3 is 2.80 bits per heavy atom. The van der Waals surface area contributed by atoms with Crippen molar-refractivity contribution < 1.29 is 13.9 Å². The molecule has 1 aromatic heterocycles. The first kappa shape index (κ1) is 16.3. The minimum atomic E-state index is -0.604. The highest BCUT2D eigenvalue weighted by Gasteiger charge is 2.22. The quantitative estimate of drug-likeness (QED) is 0.840. The Labute approximate surface area is 144 Å². The molecule has 1 saturated heterocycles. The van der Waals surface area contributed by atoms with Crippen LogP contribution >= 0.6 is 0 Å². The molecule has 1 saturated carbocycles. The SMILES string of the molecule is O=c1[nH]c(NCC2CCOCC2)nc2cc(OCC3CC3)cc(F)c12. The second kappa shape index (κ2) is 7.00. The van der Waals surface area contributed by atoms with Gasteiger partial charge in [0.05, 0.1) is 12.1 Å². The van der Waals surface area contributed by atoms with E-state index in [-0.39, 0.29) is 5.39 Å². The van der Waals surface area contributed by atoms with Crippen LogP contribution in [0.4, 0.5) is 10.3 Å². The molecule has 2 aromatic rings. The second-order valence-corrected chi connectivity index (χ2v) is 6.90. The topological polar surface area (TPSA) is 76.2 Å². The Kier molecular flexibility index (Phi) is 4.57. The largest absolute Gasteiger partial charge is 0.493 e. The predicted molar refractivity (Wildman–Crippen MR) is 92.6 cm³/mol. The lowest BCUT2D eigenvalue weighted by atomic mass is 10.0. The summed E-state index contributed by atoms with van der Waals surface area (Å²) in [5.41, 5.74) is -0.172. The zero-order valence-electron chi connectivity index (χ0n) is 14.0. The summed E-state index contributed by atoms with van der Waals surface area (Å²) in [5.74, 6) is 1.24. The van der Waals surface area contributed by atoms with E-state index in [4.69, 9.17) is 9.47 Å². The van der Waals surface area contributed by atoms with Crippen LogP contribution in [0.5, 0.6) is 5.75 Å². The maximum Gasteiger partial charge on any atom is 0.263 e. The molecule has 0 bridgehead atoms. The van der Waals surface area contributed by atoms with Crippen molar-refractivity contribution in [2.75, 3.05) is 31.7 Å². The van der Waals surface area contributed by atoms with E-state index < -0.39 is 11.4 Å². The summed E-state index contributed by atoms with van der Waals surface area (Å²) in [6.07, 6.45) is 4.29. The van der Waals surface area contributed by atoms with Crippen LogP contribution in [0.15, 0.2) is 16.9 Å². The van der Waals surface area contributed by atoms with Crippen LogP contribution in [-0.4, -0.2) is 36.3 Å². The van der Waals surface area contributed by atoms with E-state index in [1.807, 2.05) is 0 Å². The summed E-state index contributed by atoms with van der Waals surface area (Å²) in [7, 11) is 0. The van der Waals surface area contributed by atoms with Crippen molar-refractivity contribution in [3.63, 3.8) is 0 Å². The molecule has 1 aromatic carbocycles.